The molecule has 0 aliphatic heterocycles. The minimum absolute atomic E-state index is 0.116. The molecule has 1 N–H and O–H groups in total. The van der Waals surface area contributed by atoms with Gasteiger partial charge in [-0.25, -0.2) is 0 Å². The molecular weight excluding hydrogens is 551 g/mol. The number of carbonyl (C=O) groups is 2. The minimum atomic E-state index is -0.717. The number of nitrogens with zero attached hydrogens (tertiary/aromatic N) is 1. The highest BCUT2D eigenvalue weighted by Crippen LogP contribution is 2.30. The molecule has 4 rings (SSSR count). The molecule has 4 aromatic rings. The Labute approximate surface area is 253 Å². The molecular formula is C35H36Cl2N2O2. The van der Waals surface area contributed by atoms with Crippen LogP contribution in [0.2, 0.25) is 10.0 Å². The Kier molecular flexibility index (Phi) is 11.0. The second kappa shape index (κ2) is 14.9. The maximum Gasteiger partial charge on any atom is 0.243 e. The zero-order valence-corrected chi connectivity index (χ0v) is 25.0. The summed E-state index contributed by atoms with van der Waals surface area (Å²) in [4.78, 5) is 29.9. The first kappa shape index (κ1) is 30.4. The van der Waals surface area contributed by atoms with E-state index in [-0.39, 0.29) is 36.6 Å². The standard InChI is InChI=1S/C35H36Cl2N2O2/c1-25(2)23-38-35(41)33(21-26-12-6-3-7-13-26)39(24-27-18-19-31(36)32(37)20-27)34(40)22-30(28-14-8-4-9-15-28)29-16-10-5-11-17-29/h3-20,25,30,33H,21-24H2,1-2H3,(H,38,41). The first-order valence-electron chi connectivity index (χ1n) is 14.0. The van der Waals surface area contributed by atoms with E-state index >= 15 is 0 Å². The summed E-state index contributed by atoms with van der Waals surface area (Å²) < 4.78 is 0. The van der Waals surface area contributed by atoms with Gasteiger partial charge in [-0.15, -0.1) is 0 Å². The third-order valence-corrected chi connectivity index (χ3v) is 7.81. The van der Waals surface area contributed by atoms with Crippen LogP contribution in [0.1, 0.15) is 48.4 Å². The van der Waals surface area contributed by atoms with Crippen LogP contribution >= 0.6 is 23.2 Å². The van der Waals surface area contributed by atoms with Crippen molar-refractivity contribution in [3.05, 3.63) is 141 Å². The first-order chi connectivity index (χ1) is 19.8. The van der Waals surface area contributed by atoms with Crippen molar-refractivity contribution in [1.82, 2.24) is 10.2 Å². The zero-order chi connectivity index (χ0) is 29.2. The lowest BCUT2D eigenvalue weighted by Crippen LogP contribution is -2.51. The van der Waals surface area contributed by atoms with Crippen LogP contribution in [0, 0.1) is 5.92 Å². The highest BCUT2D eigenvalue weighted by Gasteiger charge is 2.32. The number of rotatable bonds is 12. The molecule has 1 unspecified atom stereocenters. The molecule has 41 heavy (non-hydrogen) atoms. The molecule has 0 fully saturated rings. The van der Waals surface area contributed by atoms with Crippen LogP contribution in [0.15, 0.2) is 109 Å². The molecule has 212 valence electrons. The van der Waals surface area contributed by atoms with Gasteiger partial charge in [0.15, 0.2) is 0 Å². The van der Waals surface area contributed by atoms with E-state index in [0.717, 1.165) is 22.3 Å². The van der Waals surface area contributed by atoms with Crippen molar-refractivity contribution in [2.45, 2.75) is 45.2 Å². The van der Waals surface area contributed by atoms with Crippen LogP contribution in [0.5, 0.6) is 0 Å². The predicted octanol–water partition coefficient (Wildman–Crippen LogP) is 7.93. The fraction of sp³-hybridized carbons (Fsp3) is 0.257. The van der Waals surface area contributed by atoms with Gasteiger partial charge in [-0.2, -0.15) is 0 Å². The number of carbonyl (C=O) groups excluding carboxylic acids is 2. The van der Waals surface area contributed by atoms with Gasteiger partial charge >= 0.3 is 0 Å². The molecule has 4 nitrogen and oxygen atoms in total. The van der Waals surface area contributed by atoms with Crippen molar-refractivity contribution < 1.29 is 9.59 Å². The highest BCUT2D eigenvalue weighted by atomic mass is 35.5. The smallest absolute Gasteiger partial charge is 0.243 e. The van der Waals surface area contributed by atoms with Gasteiger partial charge in [-0.1, -0.05) is 134 Å². The number of amides is 2. The summed E-state index contributed by atoms with van der Waals surface area (Å²) in [7, 11) is 0. The van der Waals surface area contributed by atoms with E-state index in [1.165, 1.54) is 0 Å². The van der Waals surface area contributed by atoms with Crippen molar-refractivity contribution in [3.8, 4) is 0 Å². The third-order valence-electron chi connectivity index (χ3n) is 7.08. The Morgan fingerprint density at radius 2 is 1.29 bits per heavy atom. The summed E-state index contributed by atoms with van der Waals surface area (Å²) in [6.07, 6.45) is 0.595. The fourth-order valence-electron chi connectivity index (χ4n) is 4.90. The van der Waals surface area contributed by atoms with Crippen LogP contribution in [-0.2, 0) is 22.6 Å². The van der Waals surface area contributed by atoms with E-state index in [1.807, 2.05) is 97.1 Å². The summed E-state index contributed by atoms with van der Waals surface area (Å²) in [6, 6.07) is 34.5. The molecule has 4 aromatic carbocycles. The maximum absolute atomic E-state index is 14.4. The predicted molar refractivity (Wildman–Crippen MR) is 168 cm³/mol. The molecule has 0 aliphatic rings. The third kappa shape index (κ3) is 8.69. The van der Waals surface area contributed by atoms with Gasteiger partial charge < -0.3 is 10.2 Å². The number of nitrogens with one attached hydrogen (secondary N) is 1. The monoisotopic (exact) mass is 586 g/mol. The molecule has 0 aliphatic carbocycles. The van der Waals surface area contributed by atoms with Crippen molar-refractivity contribution >= 4 is 35.0 Å². The summed E-state index contributed by atoms with van der Waals surface area (Å²) in [6.45, 7) is 4.85. The van der Waals surface area contributed by atoms with Gasteiger partial charge in [0.1, 0.15) is 6.04 Å². The highest BCUT2D eigenvalue weighted by molar-refractivity contribution is 6.42. The zero-order valence-electron chi connectivity index (χ0n) is 23.5. The lowest BCUT2D eigenvalue weighted by Gasteiger charge is -2.33. The fourth-order valence-corrected chi connectivity index (χ4v) is 5.22. The van der Waals surface area contributed by atoms with Crippen LogP contribution in [0.3, 0.4) is 0 Å². The minimum Gasteiger partial charge on any atom is -0.354 e. The molecule has 1 atom stereocenters. The second-order valence-corrected chi connectivity index (χ2v) is 11.5. The second-order valence-electron chi connectivity index (χ2n) is 10.7. The molecule has 0 heterocycles. The average molecular weight is 588 g/mol. The summed E-state index contributed by atoms with van der Waals surface area (Å²) in [5.74, 6) is -0.185. The van der Waals surface area contributed by atoms with E-state index in [4.69, 9.17) is 23.2 Å². The Hall–Kier alpha value is -3.60. The van der Waals surface area contributed by atoms with Gasteiger partial charge in [0.25, 0.3) is 0 Å². The van der Waals surface area contributed by atoms with Crippen molar-refractivity contribution in [3.63, 3.8) is 0 Å². The molecule has 0 bridgehead atoms. The van der Waals surface area contributed by atoms with Crippen LogP contribution in [0.25, 0.3) is 0 Å². The van der Waals surface area contributed by atoms with Crippen molar-refractivity contribution in [2.75, 3.05) is 6.54 Å². The lowest BCUT2D eigenvalue weighted by atomic mass is 9.87. The maximum atomic E-state index is 14.4. The van der Waals surface area contributed by atoms with Gasteiger partial charge in [0.2, 0.25) is 11.8 Å². The molecule has 6 heteroatoms. The number of hydrogen-bond acceptors (Lipinski definition) is 2. The summed E-state index contributed by atoms with van der Waals surface area (Å²) in [5.41, 5.74) is 3.88. The Morgan fingerprint density at radius 3 is 1.83 bits per heavy atom. The van der Waals surface area contributed by atoms with Gasteiger partial charge in [0, 0.05) is 31.8 Å². The Balaban J connectivity index is 1.74. The van der Waals surface area contributed by atoms with Crippen molar-refractivity contribution in [2.24, 2.45) is 5.92 Å². The van der Waals surface area contributed by atoms with E-state index < -0.39 is 6.04 Å². The van der Waals surface area contributed by atoms with Gasteiger partial charge in [-0.05, 0) is 40.3 Å². The van der Waals surface area contributed by atoms with Crippen LogP contribution in [0.4, 0.5) is 0 Å². The first-order valence-corrected chi connectivity index (χ1v) is 14.7. The normalized spacial score (nSPS) is 11.9. The SMILES string of the molecule is CC(C)CNC(=O)C(Cc1ccccc1)N(Cc1ccc(Cl)c(Cl)c1)C(=O)CC(c1ccccc1)c1ccccc1. The largest absolute Gasteiger partial charge is 0.354 e. The van der Waals surface area contributed by atoms with Crippen LogP contribution < -0.4 is 5.32 Å². The number of benzene rings is 4. The van der Waals surface area contributed by atoms with Gasteiger partial charge in [-0.3, -0.25) is 9.59 Å². The van der Waals surface area contributed by atoms with E-state index in [1.54, 1.807) is 17.0 Å². The van der Waals surface area contributed by atoms with Crippen molar-refractivity contribution in [1.29, 1.82) is 0 Å². The van der Waals surface area contributed by atoms with Crippen LogP contribution in [-0.4, -0.2) is 29.3 Å². The summed E-state index contributed by atoms with van der Waals surface area (Å²) in [5, 5.41) is 3.93. The molecule has 0 spiro atoms. The lowest BCUT2D eigenvalue weighted by molar-refractivity contribution is -0.141. The number of halogens is 2. The molecule has 0 aromatic heterocycles. The Bertz CT molecular complexity index is 1370. The van der Waals surface area contributed by atoms with E-state index in [2.05, 4.69) is 19.2 Å². The molecule has 0 saturated carbocycles. The average Bonchev–Trinajstić information content (AvgIpc) is 2.99. The van der Waals surface area contributed by atoms with E-state index in [9.17, 15) is 9.59 Å². The molecule has 2 amide bonds. The Morgan fingerprint density at radius 1 is 0.732 bits per heavy atom. The summed E-state index contributed by atoms with van der Waals surface area (Å²) >= 11 is 12.6. The number of hydrogen-bond donors (Lipinski definition) is 1. The van der Waals surface area contributed by atoms with E-state index in [0.29, 0.717) is 23.0 Å². The van der Waals surface area contributed by atoms with Gasteiger partial charge in [0.05, 0.1) is 10.0 Å². The molecule has 0 radical (unpaired) electrons. The quantitative estimate of drug-likeness (QED) is 0.183. The topological polar surface area (TPSA) is 49.4 Å². The molecule has 0 saturated heterocycles.